The summed E-state index contributed by atoms with van der Waals surface area (Å²) in [5, 5.41) is 5.39. The van der Waals surface area contributed by atoms with Gasteiger partial charge in [0.25, 0.3) is 5.91 Å². The number of aromatic nitrogens is 2. The summed E-state index contributed by atoms with van der Waals surface area (Å²) in [6.45, 7) is 0.429. The minimum Gasteiger partial charge on any atom is -0.354 e. The van der Waals surface area contributed by atoms with E-state index in [9.17, 15) is 18.4 Å². The van der Waals surface area contributed by atoms with Crippen LogP contribution in [0, 0.1) is 0 Å². The fourth-order valence-corrected chi connectivity index (χ4v) is 3.43. The molecule has 0 bridgehead atoms. The Bertz CT molecular complexity index is 1110. The van der Waals surface area contributed by atoms with E-state index in [1.165, 1.54) is 12.3 Å². The molecule has 9 heteroatoms. The third-order valence-corrected chi connectivity index (χ3v) is 4.95. The maximum absolute atomic E-state index is 13.8. The first kappa shape index (κ1) is 19.7. The van der Waals surface area contributed by atoms with Crippen molar-refractivity contribution in [2.75, 3.05) is 18.0 Å². The van der Waals surface area contributed by atoms with E-state index in [-0.39, 0.29) is 43.0 Å². The largest absolute Gasteiger partial charge is 0.354 e. The van der Waals surface area contributed by atoms with Gasteiger partial charge in [0.2, 0.25) is 5.92 Å². The monoisotopic (exact) mass is 411 g/mol. The highest BCUT2D eigenvalue weighted by Crippen LogP contribution is 2.31. The van der Waals surface area contributed by atoms with E-state index in [0.717, 1.165) is 0 Å². The highest BCUT2D eigenvalue weighted by atomic mass is 19.3. The zero-order chi connectivity index (χ0) is 21.1. The van der Waals surface area contributed by atoms with Crippen LogP contribution in [0.1, 0.15) is 29.8 Å². The second-order valence-electron chi connectivity index (χ2n) is 7.13. The molecule has 0 aliphatic carbocycles. The number of nitrogens with zero attached hydrogens (tertiary/aromatic N) is 3. The van der Waals surface area contributed by atoms with Gasteiger partial charge in [0.1, 0.15) is 5.70 Å². The Morgan fingerprint density at radius 1 is 1.17 bits per heavy atom. The van der Waals surface area contributed by atoms with Crippen molar-refractivity contribution >= 4 is 28.7 Å². The first-order chi connectivity index (χ1) is 14.4. The van der Waals surface area contributed by atoms with Gasteiger partial charge in [0.05, 0.1) is 11.0 Å². The molecule has 0 spiro atoms. The van der Waals surface area contributed by atoms with Gasteiger partial charge < -0.3 is 15.5 Å². The third kappa shape index (κ3) is 4.21. The van der Waals surface area contributed by atoms with Gasteiger partial charge in [-0.25, -0.2) is 23.5 Å². The summed E-state index contributed by atoms with van der Waals surface area (Å²) in [4.78, 5) is 34.6. The van der Waals surface area contributed by atoms with Gasteiger partial charge in [-0.3, -0.25) is 4.79 Å². The van der Waals surface area contributed by atoms with Crippen molar-refractivity contribution < 1.29 is 18.4 Å². The highest BCUT2D eigenvalue weighted by molar-refractivity contribution is 6.00. The number of para-hydroxylation sites is 2. The highest BCUT2D eigenvalue weighted by Gasteiger charge is 2.33. The predicted molar refractivity (Wildman–Crippen MR) is 108 cm³/mol. The number of alkyl halides is 2. The number of hydrogen-bond acceptors (Lipinski definition) is 6. The molecule has 1 aromatic carbocycles. The minimum atomic E-state index is -2.73. The number of halogens is 2. The molecule has 4 rings (SSSR count). The molecular weight excluding hydrogens is 392 g/mol. The lowest BCUT2D eigenvalue weighted by Gasteiger charge is -2.24. The molecule has 1 saturated heterocycles. The summed E-state index contributed by atoms with van der Waals surface area (Å²) in [5.41, 5.74) is 1.69. The van der Waals surface area contributed by atoms with Crippen molar-refractivity contribution in [3.63, 3.8) is 0 Å². The Morgan fingerprint density at radius 2 is 1.93 bits per heavy atom. The first-order valence-corrected chi connectivity index (χ1v) is 9.56. The van der Waals surface area contributed by atoms with Crippen molar-refractivity contribution in [1.82, 2.24) is 20.6 Å². The molecule has 2 aliphatic rings. The Kier molecular flexibility index (Phi) is 5.29. The van der Waals surface area contributed by atoms with Crippen LogP contribution >= 0.6 is 0 Å². The zero-order valence-corrected chi connectivity index (χ0v) is 16.0. The van der Waals surface area contributed by atoms with Crippen molar-refractivity contribution in [2.45, 2.75) is 25.2 Å². The van der Waals surface area contributed by atoms with Crippen LogP contribution < -0.4 is 15.5 Å². The van der Waals surface area contributed by atoms with Crippen LogP contribution in [-0.2, 0) is 4.79 Å². The average Bonchev–Trinajstić information content (AvgIpc) is 2.93. The molecule has 2 aliphatic heterocycles. The Hall–Kier alpha value is -3.58. The van der Waals surface area contributed by atoms with Crippen molar-refractivity contribution in [2.24, 2.45) is 0 Å². The van der Waals surface area contributed by atoms with Crippen LogP contribution in [0.2, 0.25) is 0 Å². The minimum absolute atomic E-state index is 0.0448. The van der Waals surface area contributed by atoms with E-state index in [1.54, 1.807) is 41.2 Å². The molecule has 0 radical (unpaired) electrons. The van der Waals surface area contributed by atoms with Gasteiger partial charge in [-0.05, 0) is 30.7 Å². The summed E-state index contributed by atoms with van der Waals surface area (Å²) in [5.74, 6) is -1.28. The summed E-state index contributed by atoms with van der Waals surface area (Å²) in [7, 11) is 0. The lowest BCUT2D eigenvalue weighted by Crippen LogP contribution is -2.32. The maximum atomic E-state index is 13.8. The third-order valence-electron chi connectivity index (χ3n) is 4.95. The van der Waals surface area contributed by atoms with E-state index in [2.05, 4.69) is 20.6 Å². The SMILES string of the molecule is O=C=C1C=C(NC(=O)c2nc3ccccc3nc2N2CCCC(F)(F)CC2)C=CN1. The van der Waals surface area contributed by atoms with Crippen molar-refractivity contribution in [3.8, 4) is 0 Å². The van der Waals surface area contributed by atoms with E-state index in [4.69, 9.17) is 0 Å². The van der Waals surface area contributed by atoms with Gasteiger partial charge >= 0.3 is 0 Å². The van der Waals surface area contributed by atoms with Gasteiger partial charge in [0.15, 0.2) is 17.5 Å². The molecule has 1 amide bonds. The quantitative estimate of drug-likeness (QED) is 0.756. The Balaban J connectivity index is 1.71. The van der Waals surface area contributed by atoms with E-state index >= 15 is 0 Å². The first-order valence-electron chi connectivity index (χ1n) is 9.56. The van der Waals surface area contributed by atoms with Crippen LogP contribution in [0.3, 0.4) is 0 Å². The zero-order valence-electron chi connectivity index (χ0n) is 16.0. The summed E-state index contributed by atoms with van der Waals surface area (Å²) in [6.07, 6.45) is 4.30. The number of allylic oxidation sites excluding steroid dienone is 2. The molecule has 1 aromatic heterocycles. The van der Waals surface area contributed by atoms with Crippen LogP contribution in [0.5, 0.6) is 0 Å². The number of dihydropyridines is 1. The van der Waals surface area contributed by atoms with Gasteiger partial charge in [-0.1, -0.05) is 12.1 Å². The summed E-state index contributed by atoms with van der Waals surface area (Å²) in [6, 6.07) is 7.08. The molecule has 0 unspecified atom stereocenters. The second kappa shape index (κ2) is 8.04. The van der Waals surface area contributed by atoms with E-state index < -0.39 is 11.8 Å². The summed E-state index contributed by atoms with van der Waals surface area (Å²) < 4.78 is 27.7. The number of rotatable bonds is 3. The van der Waals surface area contributed by atoms with Gasteiger partial charge in [0, 0.05) is 37.8 Å². The number of hydrogen-bond donors (Lipinski definition) is 2. The molecule has 1 fully saturated rings. The molecule has 2 aromatic rings. The Labute approximate surface area is 171 Å². The van der Waals surface area contributed by atoms with Crippen molar-refractivity contribution in [1.29, 1.82) is 0 Å². The van der Waals surface area contributed by atoms with Crippen LogP contribution in [0.25, 0.3) is 11.0 Å². The summed E-state index contributed by atoms with van der Waals surface area (Å²) >= 11 is 0. The molecule has 7 nitrogen and oxygen atoms in total. The molecule has 3 heterocycles. The van der Waals surface area contributed by atoms with Gasteiger partial charge in [-0.15, -0.1) is 0 Å². The number of fused-ring (bicyclic) bond motifs is 1. The lowest BCUT2D eigenvalue weighted by molar-refractivity contribution is -0.0102. The van der Waals surface area contributed by atoms with E-state index in [0.29, 0.717) is 23.3 Å². The number of nitrogens with one attached hydrogen (secondary N) is 2. The standard InChI is InChI=1S/C21H19F2N5O2/c22-21(23)7-3-10-28(11-8-21)19-18(26-16-4-1-2-5-17(16)27-19)20(30)25-14-6-9-24-15(12-14)13-29/h1-2,4-6,9,12,24H,3,7-8,10-11H2,(H,25,30). The number of carbonyl (C=O) groups is 1. The van der Waals surface area contributed by atoms with Crippen LogP contribution in [-0.4, -0.2) is 40.8 Å². The molecule has 154 valence electrons. The normalized spacial score (nSPS) is 18.3. The molecule has 0 saturated carbocycles. The Morgan fingerprint density at radius 3 is 2.70 bits per heavy atom. The lowest BCUT2D eigenvalue weighted by atomic mass is 10.1. The van der Waals surface area contributed by atoms with Crippen LogP contribution in [0.15, 0.2) is 54.0 Å². The number of anilines is 1. The topological polar surface area (TPSA) is 87.2 Å². The number of carbonyl (C=O) groups excluding carboxylic acids is 2. The fraction of sp³-hybridized carbons (Fsp3) is 0.286. The average molecular weight is 411 g/mol. The number of benzene rings is 1. The molecular formula is C21H19F2N5O2. The molecule has 2 N–H and O–H groups in total. The second-order valence-corrected chi connectivity index (χ2v) is 7.13. The molecule has 0 atom stereocenters. The van der Waals surface area contributed by atoms with Gasteiger partial charge in [-0.2, -0.15) is 0 Å². The number of amides is 1. The van der Waals surface area contributed by atoms with Crippen molar-refractivity contribution in [3.05, 3.63) is 59.7 Å². The van der Waals surface area contributed by atoms with E-state index in [1.807, 2.05) is 0 Å². The fourth-order valence-electron chi connectivity index (χ4n) is 3.43. The van der Waals surface area contributed by atoms with Crippen LogP contribution in [0.4, 0.5) is 14.6 Å². The smallest absolute Gasteiger partial charge is 0.278 e. The maximum Gasteiger partial charge on any atom is 0.278 e. The molecule has 30 heavy (non-hydrogen) atoms. The predicted octanol–water partition coefficient (Wildman–Crippen LogP) is 2.70.